The Hall–Kier alpha value is -1.30. The van der Waals surface area contributed by atoms with Crippen LogP contribution in [0.25, 0.3) is 10.8 Å². The third-order valence-electron chi connectivity index (χ3n) is 2.18. The second-order valence-electron chi connectivity index (χ2n) is 3.21. The van der Waals surface area contributed by atoms with Crippen LogP contribution in [0.1, 0.15) is 10.4 Å². The maximum Gasteiger partial charge on any atom is 0.336 e. The van der Waals surface area contributed by atoms with E-state index in [0.29, 0.717) is 5.69 Å². The lowest BCUT2D eigenvalue weighted by Crippen LogP contribution is -2.00. The van der Waals surface area contributed by atoms with Gasteiger partial charge in [-0.1, -0.05) is 12.1 Å². The summed E-state index contributed by atoms with van der Waals surface area (Å²) in [7, 11) is 0. The number of halogens is 1. The molecule has 0 aliphatic heterocycles. The summed E-state index contributed by atoms with van der Waals surface area (Å²) in [5, 5.41) is 10.7. The van der Waals surface area contributed by atoms with Crippen LogP contribution in [0.3, 0.4) is 0 Å². The molecule has 0 amide bonds. The Labute approximate surface area is 100 Å². The van der Waals surface area contributed by atoms with Gasteiger partial charge in [-0.3, -0.25) is 0 Å². The van der Waals surface area contributed by atoms with Gasteiger partial charge in [-0.2, -0.15) is 0 Å². The van der Waals surface area contributed by atoms with Crippen LogP contribution in [0.5, 0.6) is 0 Å². The second kappa shape index (κ2) is 3.69. The van der Waals surface area contributed by atoms with Gasteiger partial charge < -0.3 is 10.8 Å². The van der Waals surface area contributed by atoms with E-state index >= 15 is 0 Å². The number of anilines is 1. The molecule has 0 radical (unpaired) electrons. The van der Waals surface area contributed by atoms with Gasteiger partial charge >= 0.3 is 5.97 Å². The van der Waals surface area contributed by atoms with Gasteiger partial charge in [0, 0.05) is 14.6 Å². The fraction of sp³-hybridized carbons (Fsp3) is 0. The highest BCUT2D eigenvalue weighted by atomic mass is 127. The highest BCUT2D eigenvalue weighted by Gasteiger charge is 2.11. The standard InChI is InChI=1S/C11H8INO2/c12-9-3-1-2-6-4-7(13)5-8(10(6)9)11(14)15/h1-5H,13H2,(H,14,15). The smallest absolute Gasteiger partial charge is 0.336 e. The van der Waals surface area contributed by atoms with E-state index in [1.807, 2.05) is 18.2 Å². The average molecular weight is 313 g/mol. The van der Waals surface area contributed by atoms with Gasteiger partial charge in [0.2, 0.25) is 0 Å². The van der Waals surface area contributed by atoms with Crippen LogP contribution < -0.4 is 5.73 Å². The summed E-state index contributed by atoms with van der Waals surface area (Å²) in [5.74, 6) is -0.948. The van der Waals surface area contributed by atoms with Crippen molar-refractivity contribution in [2.75, 3.05) is 5.73 Å². The van der Waals surface area contributed by atoms with Gasteiger partial charge in [0.1, 0.15) is 0 Å². The predicted molar refractivity (Wildman–Crippen MR) is 68.0 cm³/mol. The van der Waals surface area contributed by atoms with E-state index in [-0.39, 0.29) is 5.56 Å². The lowest BCUT2D eigenvalue weighted by atomic mass is 10.0. The van der Waals surface area contributed by atoms with Crippen molar-refractivity contribution in [1.29, 1.82) is 0 Å². The number of rotatable bonds is 1. The van der Waals surface area contributed by atoms with Crippen LogP contribution >= 0.6 is 22.6 Å². The van der Waals surface area contributed by atoms with E-state index in [1.54, 1.807) is 6.07 Å². The van der Waals surface area contributed by atoms with Gasteiger partial charge in [0.05, 0.1) is 5.56 Å². The van der Waals surface area contributed by atoms with Crippen molar-refractivity contribution >= 4 is 45.0 Å². The van der Waals surface area contributed by atoms with Crippen molar-refractivity contribution in [2.45, 2.75) is 0 Å². The molecule has 0 aliphatic carbocycles. The van der Waals surface area contributed by atoms with Crippen molar-refractivity contribution in [1.82, 2.24) is 0 Å². The average Bonchev–Trinajstić information content (AvgIpc) is 2.16. The molecule has 0 aliphatic rings. The van der Waals surface area contributed by atoms with Crippen LogP contribution in [0.15, 0.2) is 30.3 Å². The monoisotopic (exact) mass is 313 g/mol. The van der Waals surface area contributed by atoms with Crippen LogP contribution in [-0.2, 0) is 0 Å². The summed E-state index contributed by atoms with van der Waals surface area (Å²) in [5.41, 5.74) is 6.38. The summed E-state index contributed by atoms with van der Waals surface area (Å²) in [6, 6.07) is 8.90. The van der Waals surface area contributed by atoms with E-state index in [4.69, 9.17) is 10.8 Å². The van der Waals surface area contributed by atoms with Crippen LogP contribution in [0.2, 0.25) is 0 Å². The number of hydrogen-bond acceptors (Lipinski definition) is 2. The maximum absolute atomic E-state index is 11.1. The number of fused-ring (bicyclic) bond motifs is 1. The number of carboxylic acids is 1. The fourth-order valence-corrected chi connectivity index (χ4v) is 2.38. The molecule has 0 aromatic heterocycles. The molecule has 0 atom stereocenters. The molecule has 3 nitrogen and oxygen atoms in total. The molecule has 15 heavy (non-hydrogen) atoms. The Morgan fingerprint density at radius 2 is 2.07 bits per heavy atom. The molecular weight excluding hydrogens is 305 g/mol. The highest BCUT2D eigenvalue weighted by molar-refractivity contribution is 14.1. The zero-order valence-corrected chi connectivity index (χ0v) is 9.86. The first-order chi connectivity index (χ1) is 7.09. The molecule has 3 N–H and O–H groups in total. The van der Waals surface area contributed by atoms with Gasteiger partial charge in [-0.15, -0.1) is 0 Å². The third kappa shape index (κ3) is 1.77. The molecule has 0 spiro atoms. The first-order valence-electron chi connectivity index (χ1n) is 4.30. The Kier molecular flexibility index (Phi) is 2.52. The minimum Gasteiger partial charge on any atom is -0.478 e. The van der Waals surface area contributed by atoms with Crippen molar-refractivity contribution in [3.63, 3.8) is 0 Å². The Bertz CT molecular complexity index is 552. The lowest BCUT2D eigenvalue weighted by Gasteiger charge is -2.06. The van der Waals surface area contributed by atoms with Crippen molar-refractivity contribution in [2.24, 2.45) is 0 Å². The normalized spacial score (nSPS) is 10.5. The Morgan fingerprint density at radius 1 is 1.33 bits per heavy atom. The largest absolute Gasteiger partial charge is 0.478 e. The quantitative estimate of drug-likeness (QED) is 0.628. The van der Waals surface area contributed by atoms with Crippen LogP contribution in [0.4, 0.5) is 5.69 Å². The molecular formula is C11H8INO2. The summed E-state index contributed by atoms with van der Waals surface area (Å²) >= 11 is 2.12. The van der Waals surface area contributed by atoms with Crippen molar-refractivity contribution in [3.8, 4) is 0 Å². The van der Waals surface area contributed by atoms with E-state index in [0.717, 1.165) is 14.3 Å². The molecule has 76 valence electrons. The summed E-state index contributed by atoms with van der Waals surface area (Å²) in [6.07, 6.45) is 0. The molecule has 0 bridgehead atoms. The van der Waals surface area contributed by atoms with E-state index < -0.39 is 5.97 Å². The van der Waals surface area contributed by atoms with E-state index in [2.05, 4.69) is 22.6 Å². The summed E-state index contributed by atoms with van der Waals surface area (Å²) in [6.45, 7) is 0. The maximum atomic E-state index is 11.1. The number of carbonyl (C=O) groups is 1. The van der Waals surface area contributed by atoms with E-state index in [9.17, 15) is 4.79 Å². The minimum atomic E-state index is -0.948. The van der Waals surface area contributed by atoms with E-state index in [1.165, 1.54) is 6.07 Å². The minimum absolute atomic E-state index is 0.259. The second-order valence-corrected chi connectivity index (χ2v) is 4.37. The first-order valence-corrected chi connectivity index (χ1v) is 5.38. The molecule has 0 fully saturated rings. The molecule has 0 heterocycles. The van der Waals surface area contributed by atoms with Gasteiger partial charge in [0.15, 0.2) is 0 Å². The lowest BCUT2D eigenvalue weighted by molar-refractivity contribution is 0.0699. The Balaban J connectivity index is 2.94. The molecule has 4 heteroatoms. The first kappa shape index (κ1) is 10.2. The zero-order chi connectivity index (χ0) is 11.0. The Morgan fingerprint density at radius 3 is 2.73 bits per heavy atom. The van der Waals surface area contributed by atoms with Crippen molar-refractivity contribution < 1.29 is 9.90 Å². The molecule has 2 aromatic carbocycles. The van der Waals surface area contributed by atoms with Crippen LogP contribution in [0, 0.1) is 3.57 Å². The number of aromatic carboxylic acids is 1. The predicted octanol–water partition coefficient (Wildman–Crippen LogP) is 2.72. The number of hydrogen-bond donors (Lipinski definition) is 2. The van der Waals surface area contributed by atoms with Gasteiger partial charge in [0.25, 0.3) is 0 Å². The molecule has 0 saturated carbocycles. The topological polar surface area (TPSA) is 63.3 Å². The number of nitrogen functional groups attached to an aromatic ring is 1. The molecule has 2 aromatic rings. The highest BCUT2D eigenvalue weighted by Crippen LogP contribution is 2.27. The van der Waals surface area contributed by atoms with Crippen molar-refractivity contribution in [3.05, 3.63) is 39.5 Å². The molecule has 0 saturated heterocycles. The zero-order valence-electron chi connectivity index (χ0n) is 7.70. The van der Waals surface area contributed by atoms with Crippen LogP contribution in [-0.4, -0.2) is 11.1 Å². The number of carboxylic acid groups (broad SMARTS) is 1. The SMILES string of the molecule is Nc1cc(C(=O)O)c2c(I)cccc2c1. The molecule has 2 rings (SSSR count). The number of benzene rings is 2. The summed E-state index contributed by atoms with van der Waals surface area (Å²) < 4.78 is 0.919. The fourth-order valence-electron chi connectivity index (χ4n) is 1.57. The van der Waals surface area contributed by atoms with Gasteiger partial charge in [-0.25, -0.2) is 4.79 Å². The number of nitrogens with two attached hydrogens (primary N) is 1. The summed E-state index contributed by atoms with van der Waals surface area (Å²) in [4.78, 5) is 11.1. The molecule has 0 unspecified atom stereocenters. The third-order valence-corrected chi connectivity index (χ3v) is 3.08. The van der Waals surface area contributed by atoms with Gasteiger partial charge in [-0.05, 0) is 46.2 Å².